The van der Waals surface area contributed by atoms with Crippen LogP contribution in [-0.4, -0.2) is 59.2 Å². The van der Waals surface area contributed by atoms with E-state index in [0.29, 0.717) is 29.8 Å². The lowest BCUT2D eigenvalue weighted by molar-refractivity contribution is 0.0571. The molecule has 8 heteroatoms. The molecule has 7 rings (SSSR count). The first-order valence-electron chi connectivity index (χ1n) is 16.3. The van der Waals surface area contributed by atoms with Gasteiger partial charge in [-0.25, -0.2) is 4.79 Å². The van der Waals surface area contributed by atoms with Gasteiger partial charge >= 0.3 is 6.09 Å². The number of rotatable bonds is 10. The molecule has 2 unspecified atom stereocenters. The van der Waals surface area contributed by atoms with Crippen LogP contribution in [-0.2, 0) is 16.1 Å². The molecule has 49 heavy (non-hydrogen) atoms. The van der Waals surface area contributed by atoms with Crippen molar-refractivity contribution in [2.75, 3.05) is 20.2 Å². The summed E-state index contributed by atoms with van der Waals surface area (Å²) in [5.41, 5.74) is 4.97. The van der Waals surface area contributed by atoms with E-state index in [-0.39, 0.29) is 30.2 Å². The number of methoxy groups -OCH3 is 1. The predicted octanol–water partition coefficient (Wildman–Crippen LogP) is 7.80. The average Bonchev–Trinajstić information content (AvgIpc) is 3.67. The summed E-state index contributed by atoms with van der Waals surface area (Å²) < 4.78 is 10.5. The van der Waals surface area contributed by atoms with Crippen molar-refractivity contribution in [2.45, 2.75) is 29.1 Å². The molecule has 1 fully saturated rings. The second-order valence-corrected chi connectivity index (χ2v) is 13.7. The van der Waals surface area contributed by atoms with Crippen molar-refractivity contribution in [2.24, 2.45) is 0 Å². The Kier molecular flexibility index (Phi) is 9.22. The van der Waals surface area contributed by atoms with Crippen molar-refractivity contribution >= 4 is 29.7 Å². The van der Waals surface area contributed by atoms with Gasteiger partial charge < -0.3 is 14.4 Å². The number of benzene rings is 5. The summed E-state index contributed by atoms with van der Waals surface area (Å²) in [4.78, 5) is 43.8. The molecule has 0 aromatic heterocycles. The Morgan fingerprint density at radius 1 is 0.714 bits per heavy atom. The van der Waals surface area contributed by atoms with E-state index in [1.54, 1.807) is 48.0 Å². The van der Waals surface area contributed by atoms with Crippen LogP contribution in [0.15, 0.2) is 140 Å². The third-order valence-electron chi connectivity index (χ3n) is 9.29. The Morgan fingerprint density at radius 2 is 1.20 bits per heavy atom. The molecule has 0 saturated carbocycles. The Bertz CT molecular complexity index is 1800. The molecule has 0 radical (unpaired) electrons. The average molecular weight is 669 g/mol. The van der Waals surface area contributed by atoms with E-state index in [2.05, 4.69) is 72.8 Å². The third-order valence-corrected chi connectivity index (χ3v) is 11.0. The number of amides is 3. The first kappa shape index (κ1) is 32.2. The normalized spacial score (nSPS) is 17.2. The summed E-state index contributed by atoms with van der Waals surface area (Å²) in [6.07, 6.45) is 0.0782. The van der Waals surface area contributed by atoms with Gasteiger partial charge in [-0.05, 0) is 52.9 Å². The molecule has 1 saturated heterocycles. The number of imide groups is 1. The van der Waals surface area contributed by atoms with Crippen LogP contribution in [0.1, 0.15) is 49.4 Å². The summed E-state index contributed by atoms with van der Waals surface area (Å²) in [5.74, 6) is 0.0418. The lowest BCUT2D eigenvalue weighted by Gasteiger charge is -2.37. The van der Waals surface area contributed by atoms with Crippen LogP contribution >= 0.6 is 11.8 Å². The van der Waals surface area contributed by atoms with E-state index < -0.39 is 16.9 Å². The largest absolute Gasteiger partial charge is 0.497 e. The monoisotopic (exact) mass is 668 g/mol. The molecule has 0 bridgehead atoms. The zero-order valence-corrected chi connectivity index (χ0v) is 27.9. The highest BCUT2D eigenvalue weighted by Gasteiger charge is 2.46. The Morgan fingerprint density at radius 3 is 1.69 bits per heavy atom. The van der Waals surface area contributed by atoms with Gasteiger partial charge in [0.1, 0.15) is 12.4 Å². The molecule has 0 N–H and O–H groups in total. The smallest absolute Gasteiger partial charge is 0.410 e. The van der Waals surface area contributed by atoms with Crippen molar-refractivity contribution in [1.29, 1.82) is 0 Å². The maximum atomic E-state index is 13.9. The molecule has 5 aromatic rings. The standard InChI is InChI=1S/C41H36N2O5S/c1-47-34-23-21-29(22-24-34)28-48-40(46)42-27-35(25-33(42)26-43-38(44)36-19-11-12-20-37(36)39(43)45)49-41(30-13-5-2-6-14-30,31-15-7-3-8-16-31)32-17-9-4-10-18-32/h2-24,33,35H,25-28H2,1H3. The summed E-state index contributed by atoms with van der Waals surface area (Å²) in [6, 6.07) is 45.1. The van der Waals surface area contributed by atoms with Gasteiger partial charge in [0.2, 0.25) is 0 Å². The van der Waals surface area contributed by atoms with Crippen LogP contribution in [0.4, 0.5) is 4.79 Å². The maximum absolute atomic E-state index is 13.9. The minimum atomic E-state index is -0.600. The van der Waals surface area contributed by atoms with Crippen molar-refractivity contribution < 1.29 is 23.9 Å². The van der Waals surface area contributed by atoms with Crippen LogP contribution in [0.25, 0.3) is 0 Å². The van der Waals surface area contributed by atoms with Gasteiger partial charge in [0, 0.05) is 18.3 Å². The fourth-order valence-corrected chi connectivity index (χ4v) is 8.76. The number of carbonyl (C=O) groups is 3. The summed E-state index contributed by atoms with van der Waals surface area (Å²) in [6.45, 7) is 0.545. The number of nitrogens with zero attached hydrogens (tertiary/aromatic N) is 2. The number of fused-ring (bicyclic) bond motifs is 1. The quantitative estimate of drug-likeness (QED) is 0.112. The first-order valence-corrected chi connectivity index (χ1v) is 17.2. The zero-order valence-electron chi connectivity index (χ0n) is 27.1. The molecule has 0 spiro atoms. The van der Waals surface area contributed by atoms with Gasteiger partial charge in [-0.15, -0.1) is 11.8 Å². The fourth-order valence-electron chi connectivity index (χ4n) is 6.89. The summed E-state index contributed by atoms with van der Waals surface area (Å²) in [7, 11) is 1.60. The molecule has 7 nitrogen and oxygen atoms in total. The fraction of sp³-hybridized carbons (Fsp3) is 0.195. The Balaban J connectivity index is 1.22. The first-order chi connectivity index (χ1) is 24.0. The van der Waals surface area contributed by atoms with E-state index in [1.165, 1.54) is 4.90 Å². The number of ether oxygens (including phenoxy) is 2. The van der Waals surface area contributed by atoms with Crippen LogP contribution in [0, 0.1) is 0 Å². The van der Waals surface area contributed by atoms with E-state index in [4.69, 9.17) is 9.47 Å². The van der Waals surface area contributed by atoms with Crippen molar-refractivity contribution in [1.82, 2.24) is 9.80 Å². The maximum Gasteiger partial charge on any atom is 0.410 e. The second-order valence-electron chi connectivity index (χ2n) is 12.2. The molecular formula is C41H36N2O5S. The molecule has 0 aliphatic carbocycles. The summed E-state index contributed by atoms with van der Waals surface area (Å²) >= 11 is 1.80. The molecule has 2 aliphatic rings. The molecule has 3 amide bonds. The van der Waals surface area contributed by atoms with Crippen molar-refractivity contribution in [3.63, 3.8) is 0 Å². The number of carbonyl (C=O) groups excluding carboxylic acids is 3. The minimum Gasteiger partial charge on any atom is -0.497 e. The lowest BCUT2D eigenvalue weighted by Crippen LogP contribution is -2.45. The molecule has 2 heterocycles. The van der Waals surface area contributed by atoms with Gasteiger partial charge in [-0.1, -0.05) is 115 Å². The summed E-state index contributed by atoms with van der Waals surface area (Å²) in [5, 5.41) is -0.0608. The van der Waals surface area contributed by atoms with Crippen molar-refractivity contribution in [3.8, 4) is 5.75 Å². The number of thioether (sulfide) groups is 1. The van der Waals surface area contributed by atoms with Crippen LogP contribution in [0.3, 0.4) is 0 Å². The van der Waals surface area contributed by atoms with Gasteiger partial charge in [0.15, 0.2) is 0 Å². The minimum absolute atomic E-state index is 0.0608. The topological polar surface area (TPSA) is 76.2 Å². The van der Waals surface area contributed by atoms with Gasteiger partial charge in [-0.2, -0.15) is 0 Å². The second kappa shape index (κ2) is 14.0. The predicted molar refractivity (Wildman–Crippen MR) is 191 cm³/mol. The molecule has 5 aromatic carbocycles. The zero-order chi connectivity index (χ0) is 33.8. The van der Waals surface area contributed by atoms with Crippen LogP contribution in [0.2, 0.25) is 0 Å². The Hall–Kier alpha value is -5.34. The van der Waals surface area contributed by atoms with Gasteiger partial charge in [0.25, 0.3) is 11.8 Å². The number of hydrogen-bond acceptors (Lipinski definition) is 6. The highest BCUT2D eigenvalue weighted by Crippen LogP contribution is 2.52. The number of hydrogen-bond donors (Lipinski definition) is 0. The molecule has 246 valence electrons. The van der Waals surface area contributed by atoms with E-state index in [9.17, 15) is 14.4 Å². The molecule has 2 atom stereocenters. The van der Waals surface area contributed by atoms with Crippen molar-refractivity contribution in [3.05, 3.63) is 173 Å². The SMILES string of the molecule is COc1ccc(COC(=O)N2CC(SC(c3ccccc3)(c3ccccc3)c3ccccc3)CC2CN2C(=O)c3ccccc3C2=O)cc1. The van der Waals surface area contributed by atoms with E-state index >= 15 is 0 Å². The van der Waals surface area contributed by atoms with E-state index in [1.807, 2.05) is 42.5 Å². The number of likely N-dealkylation sites (tertiary alicyclic amines) is 1. The van der Waals surface area contributed by atoms with Crippen LogP contribution in [0.5, 0.6) is 5.75 Å². The van der Waals surface area contributed by atoms with Crippen LogP contribution < -0.4 is 4.74 Å². The van der Waals surface area contributed by atoms with Gasteiger partial charge in [0.05, 0.1) is 29.0 Å². The third kappa shape index (κ3) is 6.32. The Labute approximate surface area is 290 Å². The molecule has 2 aliphatic heterocycles. The lowest BCUT2D eigenvalue weighted by atomic mass is 9.84. The highest BCUT2D eigenvalue weighted by molar-refractivity contribution is 8.01. The van der Waals surface area contributed by atoms with E-state index in [0.717, 1.165) is 22.3 Å². The highest BCUT2D eigenvalue weighted by atomic mass is 32.2. The van der Waals surface area contributed by atoms with Gasteiger partial charge in [-0.3, -0.25) is 14.5 Å². The molecular weight excluding hydrogens is 633 g/mol.